The number of amides is 1. The van der Waals surface area contributed by atoms with Crippen LogP contribution in [-0.2, 0) is 0 Å². The Kier molecular flexibility index (Phi) is 3.30. The van der Waals surface area contributed by atoms with E-state index in [-0.39, 0.29) is 12.4 Å². The van der Waals surface area contributed by atoms with E-state index in [1.165, 1.54) is 23.1 Å². The third-order valence-corrected chi connectivity index (χ3v) is 3.43. The number of rotatable bonds is 3. The van der Waals surface area contributed by atoms with Crippen molar-refractivity contribution >= 4 is 11.6 Å². The summed E-state index contributed by atoms with van der Waals surface area (Å²) >= 11 is 0. The molecule has 9 heteroatoms. The molecule has 0 spiro atoms. The summed E-state index contributed by atoms with van der Waals surface area (Å²) in [5.74, 6) is 0.0994. The molecule has 0 radical (unpaired) electrons. The third kappa shape index (κ3) is 2.51. The lowest BCUT2D eigenvalue weighted by atomic mass is 10.1. The zero-order chi connectivity index (χ0) is 16.5. The molecule has 24 heavy (non-hydrogen) atoms. The predicted molar refractivity (Wildman–Crippen MR) is 79.6 cm³/mol. The van der Waals surface area contributed by atoms with E-state index in [9.17, 15) is 9.18 Å². The monoisotopic (exact) mass is 327 g/mol. The molecule has 0 saturated heterocycles. The average Bonchev–Trinajstić information content (AvgIpc) is 3.25. The zero-order valence-electron chi connectivity index (χ0n) is 12.1. The van der Waals surface area contributed by atoms with Gasteiger partial charge >= 0.3 is 0 Å². The van der Waals surface area contributed by atoms with Crippen molar-refractivity contribution in [3.63, 3.8) is 0 Å². The number of benzene rings is 2. The van der Waals surface area contributed by atoms with E-state index < -0.39 is 11.7 Å². The zero-order valence-corrected chi connectivity index (χ0v) is 12.1. The molecule has 1 aromatic heterocycles. The quantitative estimate of drug-likeness (QED) is 0.788. The second-order valence-corrected chi connectivity index (χ2v) is 4.94. The molecule has 1 aliphatic rings. The lowest BCUT2D eigenvalue weighted by molar-refractivity contribution is 0.102. The first-order chi connectivity index (χ1) is 11.7. The standard InChI is InChI=1S/C15H10FN5O3/c16-9-1-3-12(21-7-17-19-20-21)11(5-9)15(22)18-10-2-4-13-14(6-10)24-8-23-13/h1-7H,8H2,(H,18,22). The van der Waals surface area contributed by atoms with Gasteiger partial charge in [0.2, 0.25) is 6.79 Å². The van der Waals surface area contributed by atoms with Crippen LogP contribution in [0.5, 0.6) is 11.5 Å². The maximum absolute atomic E-state index is 13.6. The number of tetrazole rings is 1. The van der Waals surface area contributed by atoms with Gasteiger partial charge in [-0.15, -0.1) is 5.10 Å². The highest BCUT2D eigenvalue weighted by Gasteiger charge is 2.18. The molecule has 0 aliphatic carbocycles. The molecule has 1 amide bonds. The highest BCUT2D eigenvalue weighted by atomic mass is 19.1. The van der Waals surface area contributed by atoms with E-state index in [1.807, 2.05) is 0 Å². The number of carbonyl (C=O) groups excluding carboxylic acids is 1. The fourth-order valence-electron chi connectivity index (χ4n) is 2.33. The molecule has 2 aromatic carbocycles. The first-order valence-electron chi connectivity index (χ1n) is 6.94. The van der Waals surface area contributed by atoms with Crippen molar-refractivity contribution in [1.29, 1.82) is 0 Å². The van der Waals surface area contributed by atoms with E-state index in [1.54, 1.807) is 18.2 Å². The summed E-state index contributed by atoms with van der Waals surface area (Å²) in [7, 11) is 0. The van der Waals surface area contributed by atoms with Crippen LogP contribution in [0.15, 0.2) is 42.7 Å². The number of hydrogen-bond acceptors (Lipinski definition) is 6. The second-order valence-electron chi connectivity index (χ2n) is 4.94. The van der Waals surface area contributed by atoms with Gasteiger partial charge in [0.1, 0.15) is 12.1 Å². The smallest absolute Gasteiger partial charge is 0.257 e. The van der Waals surface area contributed by atoms with Crippen LogP contribution in [0, 0.1) is 5.82 Å². The summed E-state index contributed by atoms with van der Waals surface area (Å²) in [6.07, 6.45) is 1.32. The summed E-state index contributed by atoms with van der Waals surface area (Å²) < 4.78 is 25.4. The minimum Gasteiger partial charge on any atom is -0.454 e. The minimum atomic E-state index is -0.539. The fourth-order valence-corrected chi connectivity index (χ4v) is 2.33. The summed E-state index contributed by atoms with van der Waals surface area (Å²) in [6, 6.07) is 8.78. The summed E-state index contributed by atoms with van der Waals surface area (Å²) in [6.45, 7) is 0.139. The van der Waals surface area contributed by atoms with Gasteiger partial charge in [0.25, 0.3) is 5.91 Å². The van der Waals surface area contributed by atoms with E-state index in [4.69, 9.17) is 9.47 Å². The average molecular weight is 327 g/mol. The van der Waals surface area contributed by atoms with Gasteiger partial charge in [-0.3, -0.25) is 4.79 Å². The number of hydrogen-bond donors (Lipinski definition) is 1. The Hall–Kier alpha value is -3.49. The van der Waals surface area contributed by atoms with Gasteiger partial charge in [-0.05, 0) is 40.8 Å². The lowest BCUT2D eigenvalue weighted by Crippen LogP contribution is -2.15. The molecule has 0 fully saturated rings. The number of nitrogens with one attached hydrogen (secondary N) is 1. The summed E-state index contributed by atoms with van der Waals surface area (Å²) in [5.41, 5.74) is 0.954. The van der Waals surface area contributed by atoms with Crippen LogP contribution in [-0.4, -0.2) is 32.9 Å². The minimum absolute atomic E-state index is 0.0972. The highest BCUT2D eigenvalue weighted by molar-refractivity contribution is 6.06. The molecule has 0 atom stereocenters. The van der Waals surface area contributed by atoms with Crippen LogP contribution in [0.25, 0.3) is 5.69 Å². The van der Waals surface area contributed by atoms with Crippen LogP contribution in [0.4, 0.5) is 10.1 Å². The molecule has 3 aromatic rings. The Morgan fingerprint density at radius 3 is 2.88 bits per heavy atom. The molecular weight excluding hydrogens is 317 g/mol. The van der Waals surface area contributed by atoms with E-state index in [2.05, 4.69) is 20.8 Å². The molecule has 8 nitrogen and oxygen atoms in total. The van der Waals surface area contributed by atoms with E-state index in [0.29, 0.717) is 22.9 Å². The van der Waals surface area contributed by atoms with Crippen molar-refractivity contribution in [2.45, 2.75) is 0 Å². The van der Waals surface area contributed by atoms with Crippen molar-refractivity contribution < 1.29 is 18.7 Å². The summed E-state index contributed by atoms with van der Waals surface area (Å²) in [4.78, 5) is 12.6. The van der Waals surface area contributed by atoms with Crippen LogP contribution in [0.2, 0.25) is 0 Å². The first kappa shape index (κ1) is 14.1. The van der Waals surface area contributed by atoms with Crippen LogP contribution < -0.4 is 14.8 Å². The molecule has 0 saturated carbocycles. The van der Waals surface area contributed by atoms with Crippen LogP contribution in [0.1, 0.15) is 10.4 Å². The Morgan fingerprint density at radius 2 is 2.04 bits per heavy atom. The Labute approximate surface area is 134 Å². The maximum atomic E-state index is 13.6. The summed E-state index contributed by atoms with van der Waals surface area (Å²) in [5, 5.41) is 13.5. The number of anilines is 1. The first-order valence-corrected chi connectivity index (χ1v) is 6.94. The SMILES string of the molecule is O=C(Nc1ccc2c(c1)OCO2)c1cc(F)ccc1-n1cnnn1. The number of ether oxygens (including phenoxy) is 2. The van der Waals surface area contributed by atoms with E-state index >= 15 is 0 Å². The van der Waals surface area contributed by atoms with Gasteiger partial charge in [-0.1, -0.05) is 0 Å². The number of carbonyl (C=O) groups is 1. The van der Waals surface area contributed by atoms with Crippen molar-refractivity contribution in [2.75, 3.05) is 12.1 Å². The molecular formula is C15H10FN5O3. The van der Waals surface area contributed by atoms with Gasteiger partial charge in [0.05, 0.1) is 11.3 Å². The highest BCUT2D eigenvalue weighted by Crippen LogP contribution is 2.34. The van der Waals surface area contributed by atoms with Gasteiger partial charge < -0.3 is 14.8 Å². The Bertz CT molecular complexity index is 913. The topological polar surface area (TPSA) is 91.2 Å². The molecule has 1 N–H and O–H groups in total. The van der Waals surface area contributed by atoms with Gasteiger partial charge in [-0.2, -0.15) is 4.68 Å². The Morgan fingerprint density at radius 1 is 1.17 bits per heavy atom. The van der Waals surface area contributed by atoms with Gasteiger partial charge in [0.15, 0.2) is 11.5 Å². The predicted octanol–water partition coefficient (Wildman–Crippen LogP) is 1.78. The third-order valence-electron chi connectivity index (χ3n) is 3.43. The number of halogens is 1. The number of fused-ring (bicyclic) bond motifs is 1. The normalized spacial score (nSPS) is 12.2. The molecule has 4 rings (SSSR count). The molecule has 2 heterocycles. The molecule has 0 unspecified atom stereocenters. The van der Waals surface area contributed by atoms with Crippen molar-refractivity contribution in [3.05, 3.63) is 54.1 Å². The second kappa shape index (κ2) is 5.61. The van der Waals surface area contributed by atoms with Gasteiger partial charge in [-0.25, -0.2) is 4.39 Å². The largest absolute Gasteiger partial charge is 0.454 e. The van der Waals surface area contributed by atoms with Crippen molar-refractivity contribution in [3.8, 4) is 17.2 Å². The van der Waals surface area contributed by atoms with Crippen molar-refractivity contribution in [2.24, 2.45) is 0 Å². The van der Waals surface area contributed by atoms with Crippen molar-refractivity contribution in [1.82, 2.24) is 20.2 Å². The molecule has 1 aliphatic heterocycles. The lowest BCUT2D eigenvalue weighted by Gasteiger charge is -2.10. The van der Waals surface area contributed by atoms with Gasteiger partial charge in [0, 0.05) is 11.8 Å². The van der Waals surface area contributed by atoms with Crippen LogP contribution >= 0.6 is 0 Å². The Balaban J connectivity index is 1.66. The van der Waals surface area contributed by atoms with E-state index in [0.717, 1.165) is 6.07 Å². The van der Waals surface area contributed by atoms with Crippen LogP contribution in [0.3, 0.4) is 0 Å². The fraction of sp³-hybridized carbons (Fsp3) is 0.0667. The maximum Gasteiger partial charge on any atom is 0.257 e. The number of nitrogens with zero attached hydrogens (tertiary/aromatic N) is 4. The number of aromatic nitrogens is 4. The molecule has 120 valence electrons. The molecule has 0 bridgehead atoms.